The number of hydrogen-bond donors (Lipinski definition) is 0. The minimum atomic E-state index is -0.571. The van der Waals surface area contributed by atoms with Gasteiger partial charge in [-0.2, -0.15) is 0 Å². The van der Waals surface area contributed by atoms with Crippen LogP contribution < -0.4 is 0 Å². The fraction of sp³-hybridized carbons (Fsp3) is 0.636. The van der Waals surface area contributed by atoms with Crippen molar-refractivity contribution < 1.29 is 14.3 Å². The Hall–Kier alpha value is -1.12. The van der Waals surface area contributed by atoms with Crippen LogP contribution >= 0.6 is 0 Å². The molecule has 1 heterocycles. The molecule has 2 atom stereocenters. The third-order valence-corrected chi connectivity index (χ3v) is 3.70. The SMILES string of the molecule is CC1=CC(=O)C[C@]2(C)CC(=O)O[C@]12C. The van der Waals surface area contributed by atoms with E-state index in [9.17, 15) is 9.59 Å². The number of fused-ring (bicyclic) bond motifs is 1. The van der Waals surface area contributed by atoms with Crippen molar-refractivity contribution >= 4 is 11.8 Å². The zero-order valence-corrected chi connectivity index (χ0v) is 8.72. The van der Waals surface area contributed by atoms with E-state index in [1.54, 1.807) is 6.08 Å². The number of ether oxygens (including phenoxy) is 1. The summed E-state index contributed by atoms with van der Waals surface area (Å²) in [4.78, 5) is 22.7. The van der Waals surface area contributed by atoms with Crippen LogP contribution in [-0.4, -0.2) is 17.4 Å². The number of allylic oxidation sites excluding steroid dienone is 1. The summed E-state index contributed by atoms with van der Waals surface area (Å²) in [5.41, 5.74) is -0.0556. The Bertz CT molecular complexity index is 356. The van der Waals surface area contributed by atoms with Gasteiger partial charge in [-0.05, 0) is 25.5 Å². The van der Waals surface area contributed by atoms with Crippen molar-refractivity contribution in [2.75, 3.05) is 0 Å². The van der Waals surface area contributed by atoms with E-state index in [4.69, 9.17) is 4.74 Å². The number of hydrogen-bond acceptors (Lipinski definition) is 3. The lowest BCUT2D eigenvalue weighted by Gasteiger charge is -2.41. The molecule has 0 bridgehead atoms. The Morgan fingerprint density at radius 1 is 1.29 bits per heavy atom. The lowest BCUT2D eigenvalue weighted by atomic mass is 9.64. The van der Waals surface area contributed by atoms with Crippen LogP contribution in [0.1, 0.15) is 33.6 Å². The molecule has 2 aliphatic rings. The summed E-state index contributed by atoms with van der Waals surface area (Å²) in [5.74, 6) is -0.0989. The molecule has 0 aromatic rings. The highest BCUT2D eigenvalue weighted by atomic mass is 16.6. The van der Waals surface area contributed by atoms with Crippen molar-refractivity contribution in [2.45, 2.75) is 39.2 Å². The second-order valence-electron chi connectivity index (χ2n) is 4.72. The predicted octanol–water partition coefficient (Wildman–Crippen LogP) is 1.62. The zero-order chi connectivity index (χ0) is 10.6. The Morgan fingerprint density at radius 3 is 2.57 bits per heavy atom. The van der Waals surface area contributed by atoms with Crippen molar-refractivity contribution in [3.05, 3.63) is 11.6 Å². The lowest BCUT2D eigenvalue weighted by molar-refractivity contribution is -0.147. The normalized spacial score (nSPS) is 41.8. The molecule has 1 saturated heterocycles. The molecule has 0 saturated carbocycles. The second-order valence-corrected chi connectivity index (χ2v) is 4.72. The number of ketones is 1. The summed E-state index contributed by atoms with van der Waals surface area (Å²) in [6.45, 7) is 5.70. The molecule has 76 valence electrons. The van der Waals surface area contributed by atoms with Gasteiger partial charge in [-0.25, -0.2) is 0 Å². The van der Waals surface area contributed by atoms with Crippen LogP contribution in [0.4, 0.5) is 0 Å². The van der Waals surface area contributed by atoms with Gasteiger partial charge >= 0.3 is 5.97 Å². The molecule has 0 amide bonds. The molecule has 0 aromatic heterocycles. The maximum absolute atomic E-state index is 11.4. The number of rotatable bonds is 0. The van der Waals surface area contributed by atoms with Gasteiger partial charge in [-0.15, -0.1) is 0 Å². The van der Waals surface area contributed by atoms with E-state index in [0.717, 1.165) is 5.57 Å². The van der Waals surface area contributed by atoms with E-state index in [1.807, 2.05) is 20.8 Å². The van der Waals surface area contributed by atoms with Gasteiger partial charge in [0.2, 0.25) is 0 Å². The first-order valence-corrected chi connectivity index (χ1v) is 4.81. The quantitative estimate of drug-likeness (QED) is 0.550. The van der Waals surface area contributed by atoms with Crippen LogP contribution in [-0.2, 0) is 14.3 Å². The summed E-state index contributed by atoms with van der Waals surface area (Å²) in [6, 6.07) is 0. The molecule has 1 aliphatic heterocycles. The average molecular weight is 194 g/mol. The van der Waals surface area contributed by atoms with Crippen molar-refractivity contribution in [1.29, 1.82) is 0 Å². The minimum Gasteiger partial charge on any atom is -0.454 e. The van der Waals surface area contributed by atoms with E-state index in [-0.39, 0.29) is 17.2 Å². The number of carbonyl (C=O) groups is 2. The molecule has 14 heavy (non-hydrogen) atoms. The smallest absolute Gasteiger partial charge is 0.307 e. The van der Waals surface area contributed by atoms with E-state index in [1.165, 1.54) is 0 Å². The molecule has 2 rings (SSSR count). The fourth-order valence-corrected chi connectivity index (χ4v) is 2.48. The van der Waals surface area contributed by atoms with Crippen LogP contribution in [0.5, 0.6) is 0 Å². The van der Waals surface area contributed by atoms with Crippen LogP contribution in [0, 0.1) is 5.41 Å². The molecule has 0 radical (unpaired) electrons. The Balaban J connectivity index is 2.53. The average Bonchev–Trinajstić information content (AvgIpc) is 2.21. The summed E-state index contributed by atoms with van der Waals surface area (Å²) >= 11 is 0. The van der Waals surface area contributed by atoms with Gasteiger partial charge in [0.25, 0.3) is 0 Å². The van der Waals surface area contributed by atoms with Gasteiger partial charge < -0.3 is 4.74 Å². The molecule has 0 aromatic carbocycles. The van der Waals surface area contributed by atoms with E-state index < -0.39 is 5.60 Å². The highest BCUT2D eigenvalue weighted by Crippen LogP contribution is 2.52. The third-order valence-electron chi connectivity index (χ3n) is 3.70. The first kappa shape index (κ1) is 9.44. The van der Waals surface area contributed by atoms with Gasteiger partial charge in [0.15, 0.2) is 5.78 Å². The standard InChI is InChI=1S/C11H14O3/c1-7-4-8(12)5-10(2)6-9(13)14-11(7,10)3/h4H,5-6H2,1-3H3/t10-,11-/m1/s1. The largest absolute Gasteiger partial charge is 0.454 e. The summed E-state index contributed by atoms with van der Waals surface area (Å²) in [6.07, 6.45) is 2.35. The van der Waals surface area contributed by atoms with Crippen molar-refractivity contribution in [3.8, 4) is 0 Å². The molecular formula is C11H14O3. The molecule has 3 heteroatoms. The van der Waals surface area contributed by atoms with Gasteiger partial charge in [0, 0.05) is 11.8 Å². The van der Waals surface area contributed by atoms with Crippen molar-refractivity contribution in [3.63, 3.8) is 0 Å². The maximum atomic E-state index is 11.4. The first-order chi connectivity index (χ1) is 6.37. The van der Waals surface area contributed by atoms with Gasteiger partial charge in [0.1, 0.15) is 5.60 Å². The fourth-order valence-electron chi connectivity index (χ4n) is 2.48. The maximum Gasteiger partial charge on any atom is 0.307 e. The van der Waals surface area contributed by atoms with Crippen LogP contribution in [0.15, 0.2) is 11.6 Å². The molecular weight excluding hydrogens is 180 g/mol. The van der Waals surface area contributed by atoms with Crippen molar-refractivity contribution in [1.82, 2.24) is 0 Å². The molecule has 1 aliphatic carbocycles. The summed E-state index contributed by atoms with van der Waals surface area (Å²) < 4.78 is 5.36. The molecule has 1 fully saturated rings. The number of carbonyl (C=O) groups excluding carboxylic acids is 2. The molecule has 0 unspecified atom stereocenters. The minimum absolute atomic E-state index is 0.0979. The molecule has 0 spiro atoms. The van der Waals surface area contributed by atoms with Gasteiger partial charge in [0.05, 0.1) is 6.42 Å². The highest BCUT2D eigenvalue weighted by Gasteiger charge is 2.58. The summed E-state index contributed by atoms with van der Waals surface area (Å²) in [7, 11) is 0. The zero-order valence-electron chi connectivity index (χ0n) is 8.72. The Morgan fingerprint density at radius 2 is 1.93 bits per heavy atom. The predicted molar refractivity (Wildman–Crippen MR) is 50.6 cm³/mol. The first-order valence-electron chi connectivity index (χ1n) is 4.81. The number of esters is 1. The van der Waals surface area contributed by atoms with Crippen molar-refractivity contribution in [2.24, 2.45) is 5.41 Å². The monoisotopic (exact) mass is 194 g/mol. The van der Waals surface area contributed by atoms with Crippen LogP contribution in [0.25, 0.3) is 0 Å². The topological polar surface area (TPSA) is 43.4 Å². The van der Waals surface area contributed by atoms with E-state index in [0.29, 0.717) is 12.8 Å². The van der Waals surface area contributed by atoms with Crippen LogP contribution in [0.3, 0.4) is 0 Å². The molecule has 3 nitrogen and oxygen atoms in total. The van der Waals surface area contributed by atoms with Gasteiger partial charge in [-0.3, -0.25) is 9.59 Å². The van der Waals surface area contributed by atoms with E-state index in [2.05, 4.69) is 0 Å². The summed E-state index contributed by atoms with van der Waals surface area (Å²) in [5, 5.41) is 0. The van der Waals surface area contributed by atoms with Gasteiger partial charge in [-0.1, -0.05) is 6.92 Å². The third kappa shape index (κ3) is 0.982. The Labute approximate surface area is 83.1 Å². The second kappa shape index (κ2) is 2.47. The Kier molecular flexibility index (Phi) is 1.66. The van der Waals surface area contributed by atoms with Crippen LogP contribution in [0.2, 0.25) is 0 Å². The lowest BCUT2D eigenvalue weighted by Crippen LogP contribution is -2.45. The highest BCUT2D eigenvalue weighted by molar-refractivity contribution is 5.94. The van der Waals surface area contributed by atoms with E-state index >= 15 is 0 Å². The molecule has 0 N–H and O–H groups in total.